The minimum atomic E-state index is -0.243. The molecule has 76 valence electrons. The van der Waals surface area contributed by atoms with Gasteiger partial charge in [0.2, 0.25) is 5.91 Å². The van der Waals surface area contributed by atoms with Crippen molar-refractivity contribution in [2.75, 3.05) is 0 Å². The topological polar surface area (TPSA) is 46.3 Å². The molecule has 1 aromatic carbocycles. The molecule has 2 N–H and O–H groups in total. The Morgan fingerprint density at radius 1 is 1.43 bits per heavy atom. The predicted octanol–water partition coefficient (Wildman–Crippen LogP) is 1.34. The summed E-state index contributed by atoms with van der Waals surface area (Å²) in [6.45, 7) is 3.92. The van der Waals surface area contributed by atoms with Crippen molar-refractivity contribution in [3.63, 3.8) is 0 Å². The highest BCUT2D eigenvalue weighted by Gasteiger charge is 2.12. The van der Waals surface area contributed by atoms with Gasteiger partial charge in [0.1, 0.15) is 0 Å². The van der Waals surface area contributed by atoms with Crippen molar-refractivity contribution in [3.05, 3.63) is 35.9 Å². The highest BCUT2D eigenvalue weighted by Crippen LogP contribution is 2.05. The first-order valence-electron chi connectivity index (χ1n) is 4.68. The van der Waals surface area contributed by atoms with E-state index in [0.29, 0.717) is 6.54 Å². The summed E-state index contributed by atoms with van der Waals surface area (Å²) in [6.07, 6.45) is -0.243. The fourth-order valence-electron chi connectivity index (χ4n) is 1.32. The van der Waals surface area contributed by atoms with E-state index in [9.17, 15) is 4.79 Å². The summed E-state index contributed by atoms with van der Waals surface area (Å²) in [7, 11) is 0. The van der Waals surface area contributed by atoms with E-state index in [1.165, 1.54) is 6.92 Å². The van der Waals surface area contributed by atoms with Crippen LogP contribution in [-0.2, 0) is 11.3 Å². The number of nitrogens with zero attached hydrogens (tertiary/aromatic N) is 1. The molecule has 14 heavy (non-hydrogen) atoms. The molecule has 0 aromatic heterocycles. The molecule has 0 heterocycles. The van der Waals surface area contributed by atoms with Crippen molar-refractivity contribution in [3.8, 4) is 0 Å². The van der Waals surface area contributed by atoms with Gasteiger partial charge in [0.05, 0.1) is 6.17 Å². The number of rotatable bonds is 3. The molecule has 0 aliphatic heterocycles. The second-order valence-corrected chi connectivity index (χ2v) is 3.37. The lowest BCUT2D eigenvalue weighted by molar-refractivity contribution is -0.131. The van der Waals surface area contributed by atoms with Crippen LogP contribution in [0, 0.1) is 0 Å². The third-order valence-electron chi connectivity index (χ3n) is 2.09. The number of benzene rings is 1. The van der Waals surface area contributed by atoms with Gasteiger partial charge in [-0.1, -0.05) is 30.3 Å². The van der Waals surface area contributed by atoms with E-state index in [1.807, 2.05) is 37.3 Å². The van der Waals surface area contributed by atoms with Crippen LogP contribution >= 0.6 is 0 Å². The lowest BCUT2D eigenvalue weighted by Gasteiger charge is -2.25. The Labute approximate surface area is 84.5 Å². The SMILES string of the molecule is CC(=O)N(Cc1ccccc1)C(C)N. The summed E-state index contributed by atoms with van der Waals surface area (Å²) in [6, 6.07) is 9.83. The van der Waals surface area contributed by atoms with Gasteiger partial charge >= 0.3 is 0 Å². The van der Waals surface area contributed by atoms with Crippen molar-refractivity contribution in [2.45, 2.75) is 26.6 Å². The van der Waals surface area contributed by atoms with Crippen LogP contribution in [-0.4, -0.2) is 17.0 Å². The number of amides is 1. The van der Waals surface area contributed by atoms with Crippen LogP contribution in [0.4, 0.5) is 0 Å². The molecule has 1 aromatic rings. The highest BCUT2D eigenvalue weighted by atomic mass is 16.2. The minimum Gasteiger partial charge on any atom is -0.324 e. The van der Waals surface area contributed by atoms with Gasteiger partial charge in [-0.05, 0) is 12.5 Å². The standard InChI is InChI=1S/C11H16N2O/c1-9(12)13(10(2)14)8-11-6-4-3-5-7-11/h3-7,9H,8,12H2,1-2H3. The van der Waals surface area contributed by atoms with Gasteiger partial charge in [-0.2, -0.15) is 0 Å². The van der Waals surface area contributed by atoms with Gasteiger partial charge in [0.25, 0.3) is 0 Å². The third kappa shape index (κ3) is 2.85. The van der Waals surface area contributed by atoms with E-state index < -0.39 is 0 Å². The van der Waals surface area contributed by atoms with E-state index in [1.54, 1.807) is 4.90 Å². The molecule has 3 heteroatoms. The van der Waals surface area contributed by atoms with E-state index in [-0.39, 0.29) is 12.1 Å². The van der Waals surface area contributed by atoms with Crippen molar-refractivity contribution in [1.82, 2.24) is 4.90 Å². The smallest absolute Gasteiger partial charge is 0.220 e. The highest BCUT2D eigenvalue weighted by molar-refractivity contribution is 5.73. The van der Waals surface area contributed by atoms with Gasteiger partial charge in [0, 0.05) is 13.5 Å². The molecule has 0 fully saturated rings. The summed E-state index contributed by atoms with van der Waals surface area (Å²) >= 11 is 0. The van der Waals surface area contributed by atoms with Crippen molar-refractivity contribution in [2.24, 2.45) is 5.73 Å². The van der Waals surface area contributed by atoms with Crippen LogP contribution in [0.2, 0.25) is 0 Å². The second-order valence-electron chi connectivity index (χ2n) is 3.37. The zero-order valence-electron chi connectivity index (χ0n) is 8.60. The van der Waals surface area contributed by atoms with Crippen molar-refractivity contribution in [1.29, 1.82) is 0 Å². The Balaban J connectivity index is 2.70. The van der Waals surface area contributed by atoms with Crippen molar-refractivity contribution < 1.29 is 4.79 Å². The molecule has 3 nitrogen and oxygen atoms in total. The van der Waals surface area contributed by atoms with Gasteiger partial charge in [-0.3, -0.25) is 4.79 Å². The summed E-state index contributed by atoms with van der Waals surface area (Å²) in [4.78, 5) is 12.9. The van der Waals surface area contributed by atoms with E-state index in [0.717, 1.165) is 5.56 Å². The average molecular weight is 192 g/mol. The maximum atomic E-state index is 11.2. The van der Waals surface area contributed by atoms with Crippen LogP contribution in [0.15, 0.2) is 30.3 Å². The molecule has 0 bridgehead atoms. The van der Waals surface area contributed by atoms with Crippen molar-refractivity contribution >= 4 is 5.91 Å². The van der Waals surface area contributed by atoms with Crippen LogP contribution in [0.25, 0.3) is 0 Å². The van der Waals surface area contributed by atoms with Gasteiger partial charge in [-0.25, -0.2) is 0 Å². The van der Waals surface area contributed by atoms with Gasteiger partial charge < -0.3 is 10.6 Å². The molecule has 1 atom stereocenters. The first-order chi connectivity index (χ1) is 6.61. The normalized spacial score (nSPS) is 12.2. The number of hydrogen-bond acceptors (Lipinski definition) is 2. The third-order valence-corrected chi connectivity index (χ3v) is 2.09. The molecule has 0 radical (unpaired) electrons. The molecule has 0 spiro atoms. The van der Waals surface area contributed by atoms with E-state index in [2.05, 4.69) is 0 Å². The Morgan fingerprint density at radius 3 is 2.43 bits per heavy atom. The van der Waals surface area contributed by atoms with E-state index >= 15 is 0 Å². The number of hydrogen-bond donors (Lipinski definition) is 1. The molecule has 0 aliphatic rings. The fraction of sp³-hybridized carbons (Fsp3) is 0.364. The maximum Gasteiger partial charge on any atom is 0.220 e. The fourth-order valence-corrected chi connectivity index (χ4v) is 1.32. The van der Waals surface area contributed by atoms with E-state index in [4.69, 9.17) is 5.73 Å². The zero-order chi connectivity index (χ0) is 10.6. The molecular weight excluding hydrogens is 176 g/mol. The average Bonchev–Trinajstić information content (AvgIpc) is 2.15. The Morgan fingerprint density at radius 2 is 2.00 bits per heavy atom. The number of carbonyl (C=O) groups excluding carboxylic acids is 1. The lowest BCUT2D eigenvalue weighted by Crippen LogP contribution is -2.42. The lowest BCUT2D eigenvalue weighted by atomic mass is 10.2. The summed E-state index contributed by atoms with van der Waals surface area (Å²) in [5.74, 6) is 0.00357. The summed E-state index contributed by atoms with van der Waals surface area (Å²) in [5.41, 5.74) is 6.79. The quantitative estimate of drug-likeness (QED) is 0.734. The maximum absolute atomic E-state index is 11.2. The molecule has 1 amide bonds. The van der Waals surface area contributed by atoms with Crippen LogP contribution in [0.1, 0.15) is 19.4 Å². The molecule has 0 aliphatic carbocycles. The number of nitrogens with two attached hydrogens (primary N) is 1. The predicted molar refractivity (Wildman–Crippen MR) is 56.3 cm³/mol. The summed E-state index contributed by atoms with van der Waals surface area (Å²) in [5, 5.41) is 0. The van der Waals surface area contributed by atoms with Gasteiger partial charge in [0.15, 0.2) is 0 Å². The monoisotopic (exact) mass is 192 g/mol. The molecule has 1 rings (SSSR count). The Hall–Kier alpha value is -1.35. The Kier molecular flexibility index (Phi) is 3.65. The van der Waals surface area contributed by atoms with Gasteiger partial charge in [-0.15, -0.1) is 0 Å². The molecule has 0 saturated heterocycles. The van der Waals surface area contributed by atoms with Crippen LogP contribution < -0.4 is 5.73 Å². The number of carbonyl (C=O) groups is 1. The second kappa shape index (κ2) is 4.77. The first kappa shape index (κ1) is 10.7. The zero-order valence-corrected chi connectivity index (χ0v) is 8.60. The molecular formula is C11H16N2O. The van der Waals surface area contributed by atoms with Crippen LogP contribution in [0.3, 0.4) is 0 Å². The molecule has 0 saturated carbocycles. The Bertz CT molecular complexity index is 295. The molecule has 1 unspecified atom stereocenters. The first-order valence-corrected chi connectivity index (χ1v) is 4.68. The van der Waals surface area contributed by atoms with Crippen LogP contribution in [0.5, 0.6) is 0 Å². The minimum absolute atomic E-state index is 0.00357. The summed E-state index contributed by atoms with van der Waals surface area (Å²) < 4.78 is 0. The largest absolute Gasteiger partial charge is 0.324 e.